The van der Waals surface area contributed by atoms with Gasteiger partial charge in [-0.15, -0.1) is 0 Å². The van der Waals surface area contributed by atoms with Gasteiger partial charge in [0.25, 0.3) is 0 Å². The van der Waals surface area contributed by atoms with Gasteiger partial charge in [0.1, 0.15) is 6.09 Å². The first-order chi connectivity index (χ1) is 11.7. The van der Waals surface area contributed by atoms with Crippen molar-refractivity contribution < 1.29 is 9.90 Å². The molecule has 0 radical (unpaired) electrons. The van der Waals surface area contributed by atoms with Gasteiger partial charge in [-0.3, -0.25) is 0 Å². The molecule has 0 saturated carbocycles. The van der Waals surface area contributed by atoms with E-state index in [2.05, 4.69) is 29.6 Å². The minimum atomic E-state index is -1.06. The molecule has 2 unspecified atom stereocenters. The molecule has 0 aromatic heterocycles. The number of carbonyl (C=O) groups is 1. The zero-order valence-corrected chi connectivity index (χ0v) is 13.7. The number of likely N-dealkylation sites (tertiary alicyclic amines) is 1. The van der Waals surface area contributed by atoms with Crippen molar-refractivity contribution >= 4 is 6.09 Å². The standard InChI is InChI=1S/C20H24N2O2/c23-20(24)22-12-11-18(21-15-17-9-5-2-6-10-17)14-19(22)13-16-7-3-1-4-8-16/h1-10,18-19,21H,11-15H2,(H,23,24)/p-1. The molecule has 1 aliphatic rings. The van der Waals surface area contributed by atoms with Gasteiger partial charge in [0.05, 0.1) is 0 Å². The minimum Gasteiger partial charge on any atom is -0.530 e. The van der Waals surface area contributed by atoms with E-state index >= 15 is 0 Å². The summed E-state index contributed by atoms with van der Waals surface area (Å²) in [6.07, 6.45) is 1.32. The summed E-state index contributed by atoms with van der Waals surface area (Å²) in [7, 11) is 0. The van der Waals surface area contributed by atoms with Gasteiger partial charge in [0.15, 0.2) is 0 Å². The maximum absolute atomic E-state index is 11.4. The molecular weight excluding hydrogens is 300 g/mol. The van der Waals surface area contributed by atoms with E-state index in [9.17, 15) is 9.90 Å². The van der Waals surface area contributed by atoms with Crippen LogP contribution in [0.3, 0.4) is 0 Å². The van der Waals surface area contributed by atoms with E-state index in [1.807, 2.05) is 36.4 Å². The number of hydrogen-bond donors (Lipinski definition) is 1. The van der Waals surface area contributed by atoms with Crippen molar-refractivity contribution in [3.63, 3.8) is 0 Å². The number of nitrogens with zero attached hydrogens (tertiary/aromatic N) is 1. The summed E-state index contributed by atoms with van der Waals surface area (Å²) in [5.41, 5.74) is 2.41. The molecule has 1 saturated heterocycles. The minimum absolute atomic E-state index is 0.0283. The lowest BCUT2D eigenvalue weighted by molar-refractivity contribution is -0.269. The summed E-state index contributed by atoms with van der Waals surface area (Å²) >= 11 is 0. The molecular formula is C20H23N2O2-. The average molecular weight is 323 g/mol. The first kappa shape index (κ1) is 16.5. The predicted molar refractivity (Wildman–Crippen MR) is 92.3 cm³/mol. The zero-order chi connectivity index (χ0) is 16.8. The second-order valence-corrected chi connectivity index (χ2v) is 6.39. The number of hydrogen-bond acceptors (Lipinski definition) is 3. The van der Waals surface area contributed by atoms with Crippen LogP contribution in [0.1, 0.15) is 24.0 Å². The van der Waals surface area contributed by atoms with Gasteiger partial charge in [-0.25, -0.2) is 0 Å². The maximum Gasteiger partial charge on any atom is 0.137 e. The summed E-state index contributed by atoms with van der Waals surface area (Å²) < 4.78 is 0. The van der Waals surface area contributed by atoms with Crippen LogP contribution < -0.4 is 10.4 Å². The Labute approximate surface area is 143 Å². The van der Waals surface area contributed by atoms with Crippen LogP contribution in [-0.2, 0) is 13.0 Å². The fraction of sp³-hybridized carbons (Fsp3) is 0.350. The van der Waals surface area contributed by atoms with Gasteiger partial charge in [-0.05, 0) is 30.4 Å². The van der Waals surface area contributed by atoms with Gasteiger partial charge in [0.2, 0.25) is 0 Å². The molecule has 0 spiro atoms. The van der Waals surface area contributed by atoms with E-state index < -0.39 is 6.09 Å². The Morgan fingerprint density at radius 1 is 1.04 bits per heavy atom. The molecule has 2 aromatic carbocycles. The van der Waals surface area contributed by atoms with E-state index in [0.717, 1.165) is 31.4 Å². The zero-order valence-electron chi connectivity index (χ0n) is 13.7. The second kappa shape index (κ2) is 7.97. The summed E-state index contributed by atoms with van der Waals surface area (Å²) in [6.45, 7) is 1.35. The molecule has 2 aromatic rings. The Morgan fingerprint density at radius 3 is 2.29 bits per heavy atom. The van der Waals surface area contributed by atoms with E-state index in [1.54, 1.807) is 0 Å². The van der Waals surface area contributed by atoms with Gasteiger partial charge in [0, 0.05) is 25.2 Å². The molecule has 1 aliphatic heterocycles. The fourth-order valence-corrected chi connectivity index (χ4v) is 3.41. The van der Waals surface area contributed by atoms with E-state index in [1.165, 1.54) is 10.5 Å². The van der Waals surface area contributed by atoms with Crippen molar-refractivity contribution in [2.24, 2.45) is 0 Å². The van der Waals surface area contributed by atoms with Crippen LogP contribution in [0.4, 0.5) is 4.79 Å². The maximum atomic E-state index is 11.4. The molecule has 1 amide bonds. The molecule has 4 nitrogen and oxygen atoms in total. The molecule has 0 aliphatic carbocycles. The Kier molecular flexibility index (Phi) is 5.49. The van der Waals surface area contributed by atoms with Gasteiger partial charge in [-0.1, -0.05) is 60.7 Å². The lowest BCUT2D eigenvalue weighted by Gasteiger charge is -2.41. The number of benzene rings is 2. The number of rotatable bonds is 5. The molecule has 126 valence electrons. The lowest BCUT2D eigenvalue weighted by atomic mass is 9.92. The predicted octanol–water partition coefficient (Wildman–Crippen LogP) is 2.20. The summed E-state index contributed by atoms with van der Waals surface area (Å²) in [5.74, 6) is 0. The Morgan fingerprint density at radius 2 is 1.67 bits per heavy atom. The molecule has 2 atom stereocenters. The highest BCUT2D eigenvalue weighted by Crippen LogP contribution is 2.21. The Balaban J connectivity index is 1.61. The highest BCUT2D eigenvalue weighted by molar-refractivity contribution is 5.63. The SMILES string of the molecule is O=C([O-])N1CCC(NCc2ccccc2)CC1Cc1ccccc1. The molecule has 1 fully saturated rings. The van der Waals surface area contributed by atoms with Crippen molar-refractivity contribution in [3.05, 3.63) is 71.8 Å². The highest BCUT2D eigenvalue weighted by Gasteiger charge is 2.28. The molecule has 1 N–H and O–H groups in total. The van der Waals surface area contributed by atoms with E-state index in [0.29, 0.717) is 12.6 Å². The monoisotopic (exact) mass is 323 g/mol. The third kappa shape index (κ3) is 4.36. The van der Waals surface area contributed by atoms with Crippen LogP contribution >= 0.6 is 0 Å². The van der Waals surface area contributed by atoms with E-state index in [-0.39, 0.29) is 6.04 Å². The van der Waals surface area contributed by atoms with Gasteiger partial charge in [-0.2, -0.15) is 0 Å². The van der Waals surface area contributed by atoms with Gasteiger partial charge < -0.3 is 20.1 Å². The molecule has 3 rings (SSSR count). The van der Waals surface area contributed by atoms with Gasteiger partial charge >= 0.3 is 0 Å². The number of amides is 1. The smallest absolute Gasteiger partial charge is 0.137 e. The average Bonchev–Trinajstić information content (AvgIpc) is 2.62. The van der Waals surface area contributed by atoms with Crippen LogP contribution in [0.15, 0.2) is 60.7 Å². The third-order valence-corrected chi connectivity index (χ3v) is 4.70. The van der Waals surface area contributed by atoms with E-state index in [4.69, 9.17) is 0 Å². The third-order valence-electron chi connectivity index (χ3n) is 4.70. The molecule has 0 bridgehead atoms. The van der Waals surface area contributed by atoms with Crippen molar-refractivity contribution in [2.45, 2.75) is 37.9 Å². The van der Waals surface area contributed by atoms with Crippen molar-refractivity contribution in [1.29, 1.82) is 0 Å². The van der Waals surface area contributed by atoms with Crippen LogP contribution in [-0.4, -0.2) is 29.6 Å². The second-order valence-electron chi connectivity index (χ2n) is 6.39. The number of carbonyl (C=O) groups excluding carboxylic acids is 1. The fourth-order valence-electron chi connectivity index (χ4n) is 3.41. The first-order valence-electron chi connectivity index (χ1n) is 8.51. The molecule has 1 heterocycles. The largest absolute Gasteiger partial charge is 0.530 e. The highest BCUT2D eigenvalue weighted by atomic mass is 16.4. The summed E-state index contributed by atoms with van der Waals surface area (Å²) in [5, 5.41) is 15.0. The quantitative estimate of drug-likeness (QED) is 0.918. The number of nitrogens with one attached hydrogen (secondary N) is 1. The Bertz CT molecular complexity index is 645. The van der Waals surface area contributed by atoms with Crippen LogP contribution in [0, 0.1) is 0 Å². The van der Waals surface area contributed by atoms with Crippen LogP contribution in [0.25, 0.3) is 0 Å². The van der Waals surface area contributed by atoms with Crippen molar-refractivity contribution in [2.75, 3.05) is 6.54 Å². The van der Waals surface area contributed by atoms with Crippen LogP contribution in [0.5, 0.6) is 0 Å². The molecule has 4 heteroatoms. The van der Waals surface area contributed by atoms with Crippen molar-refractivity contribution in [1.82, 2.24) is 10.2 Å². The summed E-state index contributed by atoms with van der Waals surface area (Å²) in [4.78, 5) is 12.9. The normalized spacial score (nSPS) is 20.8. The lowest BCUT2D eigenvalue weighted by Crippen LogP contribution is -2.55. The first-order valence-corrected chi connectivity index (χ1v) is 8.51. The Hall–Kier alpha value is -2.33. The number of carboxylic acid groups (broad SMARTS) is 1. The molecule has 24 heavy (non-hydrogen) atoms. The topological polar surface area (TPSA) is 55.4 Å². The van der Waals surface area contributed by atoms with Crippen molar-refractivity contribution in [3.8, 4) is 0 Å². The number of piperidine rings is 1. The van der Waals surface area contributed by atoms with Crippen LogP contribution in [0.2, 0.25) is 0 Å². The summed E-state index contributed by atoms with van der Waals surface area (Å²) in [6, 6.07) is 20.6.